The molecule has 10 nitrogen and oxygen atoms in total. The zero-order valence-corrected chi connectivity index (χ0v) is 15.8. The smallest absolute Gasteiger partial charge is 0.287 e. The van der Waals surface area contributed by atoms with Crippen molar-refractivity contribution in [1.29, 1.82) is 0 Å². The van der Waals surface area contributed by atoms with Gasteiger partial charge in [-0.1, -0.05) is 0 Å². The number of aromatic amines is 1. The number of hydrogen-bond acceptors (Lipinski definition) is 7. The Kier molecular flexibility index (Phi) is 6.25. The van der Waals surface area contributed by atoms with Crippen molar-refractivity contribution in [1.82, 2.24) is 20.9 Å². The molecule has 150 valence electrons. The van der Waals surface area contributed by atoms with Crippen LogP contribution in [0.4, 0.5) is 0 Å². The first kappa shape index (κ1) is 19.7. The highest BCUT2D eigenvalue weighted by Crippen LogP contribution is 2.32. The second-order valence-corrected chi connectivity index (χ2v) is 5.72. The number of hydrazone groups is 1. The number of aromatic nitrogens is 2. The predicted molar refractivity (Wildman–Crippen MR) is 104 cm³/mol. The van der Waals surface area contributed by atoms with Crippen molar-refractivity contribution < 1.29 is 23.5 Å². The topological polar surface area (TPSA) is 131 Å². The van der Waals surface area contributed by atoms with Crippen LogP contribution in [0, 0.1) is 0 Å². The van der Waals surface area contributed by atoms with Gasteiger partial charge in [-0.15, -0.1) is 0 Å². The molecule has 3 rings (SSSR count). The monoisotopic (exact) mass is 397 g/mol. The largest absolute Gasteiger partial charge is 0.493 e. The Morgan fingerprint density at radius 1 is 1.24 bits per heavy atom. The Hall–Kier alpha value is -4.08. The Balaban J connectivity index is 1.60. The van der Waals surface area contributed by atoms with Gasteiger partial charge < -0.3 is 19.2 Å². The number of benzene rings is 1. The first-order valence-corrected chi connectivity index (χ1v) is 8.51. The van der Waals surface area contributed by atoms with Gasteiger partial charge in [-0.25, -0.2) is 5.43 Å². The predicted octanol–water partition coefficient (Wildman–Crippen LogP) is 1.57. The van der Waals surface area contributed by atoms with Crippen LogP contribution in [0.3, 0.4) is 0 Å². The summed E-state index contributed by atoms with van der Waals surface area (Å²) in [5.41, 5.74) is 4.48. The van der Waals surface area contributed by atoms with Gasteiger partial charge in [-0.2, -0.15) is 10.2 Å². The van der Waals surface area contributed by atoms with E-state index in [1.165, 1.54) is 18.5 Å². The van der Waals surface area contributed by atoms with Gasteiger partial charge >= 0.3 is 0 Å². The highest BCUT2D eigenvalue weighted by atomic mass is 16.5. The molecule has 0 aliphatic carbocycles. The van der Waals surface area contributed by atoms with E-state index in [0.717, 1.165) is 5.56 Å². The maximum atomic E-state index is 11.8. The summed E-state index contributed by atoms with van der Waals surface area (Å²) in [5, 5.41) is 13.2. The molecule has 10 heteroatoms. The molecule has 29 heavy (non-hydrogen) atoms. The summed E-state index contributed by atoms with van der Waals surface area (Å²) in [6.07, 6.45) is 4.39. The van der Waals surface area contributed by atoms with Crippen LogP contribution >= 0.6 is 0 Å². The van der Waals surface area contributed by atoms with E-state index in [-0.39, 0.29) is 12.3 Å². The molecule has 3 N–H and O–H groups in total. The van der Waals surface area contributed by atoms with E-state index in [2.05, 4.69) is 26.0 Å². The molecular weight excluding hydrogens is 378 g/mol. The van der Waals surface area contributed by atoms with E-state index >= 15 is 0 Å². The molecule has 2 amide bonds. The molecule has 2 heterocycles. The zero-order valence-electron chi connectivity index (χ0n) is 15.8. The zero-order chi connectivity index (χ0) is 20.6. The lowest BCUT2D eigenvalue weighted by Crippen LogP contribution is -2.34. The van der Waals surface area contributed by atoms with Crippen molar-refractivity contribution in [3.05, 3.63) is 54.1 Å². The minimum absolute atomic E-state index is 0.124. The number of amides is 2. The van der Waals surface area contributed by atoms with Crippen molar-refractivity contribution in [3.63, 3.8) is 0 Å². The lowest BCUT2D eigenvalue weighted by Gasteiger charge is -2.09. The maximum absolute atomic E-state index is 11.8. The van der Waals surface area contributed by atoms with Crippen LogP contribution in [0.15, 0.2) is 52.3 Å². The Bertz CT molecular complexity index is 1010. The third kappa shape index (κ3) is 4.80. The molecule has 0 bridgehead atoms. The van der Waals surface area contributed by atoms with E-state index in [4.69, 9.17) is 13.9 Å². The molecule has 0 atom stereocenters. The standard InChI is InChI=1S/C19H19N5O5/c1-27-14-6-5-12(8-16(14)28-2)18-13(10-22-24-18)9-21-23-17(25)11-20-19(26)15-4-3-7-29-15/h3-10H,11H2,1-2H3,(H,20,26)(H,22,24)(H,23,25)/b21-9+. The summed E-state index contributed by atoms with van der Waals surface area (Å²) in [7, 11) is 3.11. The minimum atomic E-state index is -0.489. The number of H-pyrrole nitrogens is 1. The Morgan fingerprint density at radius 3 is 2.79 bits per heavy atom. The van der Waals surface area contributed by atoms with Crippen molar-refractivity contribution in [2.75, 3.05) is 20.8 Å². The van der Waals surface area contributed by atoms with E-state index in [1.807, 2.05) is 6.07 Å². The summed E-state index contributed by atoms with van der Waals surface area (Å²) >= 11 is 0. The van der Waals surface area contributed by atoms with E-state index < -0.39 is 11.8 Å². The molecule has 1 aromatic carbocycles. The highest BCUT2D eigenvalue weighted by molar-refractivity contribution is 5.94. The average Bonchev–Trinajstić information content (AvgIpc) is 3.43. The summed E-state index contributed by atoms with van der Waals surface area (Å²) in [5.74, 6) is 0.328. The van der Waals surface area contributed by atoms with Crippen molar-refractivity contribution in [2.24, 2.45) is 5.10 Å². The summed E-state index contributed by atoms with van der Waals surface area (Å²) in [6.45, 7) is -0.245. The Morgan fingerprint density at radius 2 is 2.07 bits per heavy atom. The number of methoxy groups -OCH3 is 2. The molecule has 0 aliphatic heterocycles. The Labute approximate surface area is 165 Å². The fourth-order valence-electron chi connectivity index (χ4n) is 2.49. The van der Waals surface area contributed by atoms with Crippen LogP contribution < -0.4 is 20.2 Å². The van der Waals surface area contributed by atoms with E-state index in [9.17, 15) is 9.59 Å². The van der Waals surface area contributed by atoms with Gasteiger partial charge in [0.05, 0.1) is 45.1 Å². The number of nitrogens with zero attached hydrogens (tertiary/aromatic N) is 2. The molecule has 2 aromatic heterocycles. The van der Waals surface area contributed by atoms with Crippen LogP contribution in [-0.2, 0) is 4.79 Å². The molecule has 0 radical (unpaired) electrons. The fraction of sp³-hybridized carbons (Fsp3) is 0.158. The lowest BCUT2D eigenvalue weighted by molar-refractivity contribution is -0.120. The highest BCUT2D eigenvalue weighted by Gasteiger charge is 2.11. The van der Waals surface area contributed by atoms with Gasteiger partial charge in [0.2, 0.25) is 0 Å². The molecule has 0 unspecified atom stereocenters. The van der Waals surface area contributed by atoms with Crippen LogP contribution in [-0.4, -0.2) is 49.0 Å². The third-order valence-corrected chi connectivity index (χ3v) is 3.89. The van der Waals surface area contributed by atoms with Crippen molar-refractivity contribution in [2.45, 2.75) is 0 Å². The molecule has 3 aromatic rings. The number of nitrogens with one attached hydrogen (secondary N) is 3. The van der Waals surface area contributed by atoms with Gasteiger partial charge in [-0.3, -0.25) is 14.7 Å². The first-order chi connectivity index (χ1) is 14.1. The van der Waals surface area contributed by atoms with E-state index in [0.29, 0.717) is 22.8 Å². The number of furan rings is 1. The van der Waals surface area contributed by atoms with Gasteiger partial charge in [-0.05, 0) is 30.3 Å². The number of hydrogen-bond donors (Lipinski definition) is 3. The van der Waals surface area contributed by atoms with E-state index in [1.54, 1.807) is 38.6 Å². The number of rotatable bonds is 8. The number of carbonyl (C=O) groups is 2. The summed E-state index contributed by atoms with van der Waals surface area (Å²) in [6, 6.07) is 8.50. The van der Waals surface area contributed by atoms with Gasteiger partial charge in [0.25, 0.3) is 11.8 Å². The SMILES string of the molecule is COc1ccc(-c2[nH]ncc2/C=N/NC(=O)CNC(=O)c2ccco2)cc1OC. The molecular formula is C19H19N5O5. The van der Waals surface area contributed by atoms with Crippen LogP contribution in [0.2, 0.25) is 0 Å². The summed E-state index contributed by atoms with van der Waals surface area (Å²) in [4.78, 5) is 23.5. The van der Waals surface area contributed by atoms with Crippen LogP contribution in [0.25, 0.3) is 11.3 Å². The lowest BCUT2D eigenvalue weighted by atomic mass is 10.1. The number of carbonyl (C=O) groups excluding carboxylic acids is 2. The normalized spacial score (nSPS) is 10.7. The maximum Gasteiger partial charge on any atom is 0.287 e. The second kappa shape index (κ2) is 9.22. The van der Waals surface area contributed by atoms with Crippen LogP contribution in [0.5, 0.6) is 11.5 Å². The molecule has 0 saturated heterocycles. The van der Waals surface area contributed by atoms with Crippen molar-refractivity contribution in [3.8, 4) is 22.8 Å². The van der Waals surface area contributed by atoms with Crippen molar-refractivity contribution >= 4 is 18.0 Å². The molecule has 0 saturated carbocycles. The summed E-state index contributed by atoms with van der Waals surface area (Å²) < 4.78 is 15.5. The number of ether oxygens (including phenoxy) is 2. The second-order valence-electron chi connectivity index (χ2n) is 5.72. The third-order valence-electron chi connectivity index (χ3n) is 3.89. The fourth-order valence-corrected chi connectivity index (χ4v) is 2.49. The molecule has 0 spiro atoms. The van der Waals surface area contributed by atoms with Gasteiger partial charge in [0, 0.05) is 11.1 Å². The first-order valence-electron chi connectivity index (χ1n) is 8.51. The van der Waals surface area contributed by atoms with Crippen LogP contribution in [0.1, 0.15) is 16.1 Å². The van der Waals surface area contributed by atoms with Gasteiger partial charge in [0.15, 0.2) is 17.3 Å². The van der Waals surface area contributed by atoms with Gasteiger partial charge in [0.1, 0.15) is 0 Å². The quantitative estimate of drug-likeness (QED) is 0.391. The average molecular weight is 397 g/mol. The molecule has 0 fully saturated rings. The minimum Gasteiger partial charge on any atom is -0.493 e. The molecule has 0 aliphatic rings.